The Bertz CT molecular complexity index is 2520. The zero-order valence-electron chi connectivity index (χ0n) is 24.9. The van der Waals surface area contributed by atoms with Crippen molar-refractivity contribution < 1.29 is 0 Å². The molecule has 0 saturated carbocycles. The molecular weight excluding hydrogens is 558 g/mol. The predicted molar refractivity (Wildman–Crippen MR) is 192 cm³/mol. The quantitative estimate of drug-likeness (QED) is 0.182. The van der Waals surface area contributed by atoms with Gasteiger partial charge < -0.3 is 9.13 Å². The molecule has 46 heavy (non-hydrogen) atoms. The number of hydrogen-bond donors (Lipinski definition) is 0. The Morgan fingerprint density at radius 3 is 1.30 bits per heavy atom. The molecule has 0 bridgehead atoms. The molecule has 3 heteroatoms. The molecule has 0 saturated heterocycles. The average Bonchev–Trinajstić information content (AvgIpc) is 3.65. The van der Waals surface area contributed by atoms with Gasteiger partial charge in [0.25, 0.3) is 0 Å². The zero-order valence-corrected chi connectivity index (χ0v) is 24.9. The number of nitrogens with zero attached hydrogens (tertiary/aromatic N) is 3. The topological polar surface area (TPSA) is 14.2 Å². The molecule has 214 valence electrons. The van der Waals surface area contributed by atoms with Gasteiger partial charge in [0.05, 0.1) is 34.3 Å². The van der Waals surface area contributed by atoms with Crippen LogP contribution in [0, 0.1) is 6.57 Å². The van der Waals surface area contributed by atoms with E-state index in [9.17, 15) is 0 Å². The van der Waals surface area contributed by atoms with E-state index in [0.717, 1.165) is 44.7 Å². The third-order valence-corrected chi connectivity index (χ3v) is 9.16. The molecule has 7 aromatic carbocycles. The highest BCUT2D eigenvalue weighted by Gasteiger charge is 2.19. The van der Waals surface area contributed by atoms with Crippen LogP contribution < -0.4 is 0 Å². The molecule has 0 atom stereocenters. The first-order valence-corrected chi connectivity index (χ1v) is 15.5. The Labute approximate surface area is 266 Å². The van der Waals surface area contributed by atoms with Gasteiger partial charge in [-0.3, -0.25) is 0 Å². The minimum Gasteiger partial charge on any atom is -0.319 e. The van der Waals surface area contributed by atoms with Crippen LogP contribution in [0.25, 0.3) is 82.1 Å². The predicted octanol–water partition coefficient (Wildman–Crippen LogP) is 11.8. The molecule has 2 aromatic heterocycles. The van der Waals surface area contributed by atoms with Crippen molar-refractivity contribution in [3.05, 3.63) is 175 Å². The second kappa shape index (κ2) is 10.4. The third-order valence-electron chi connectivity index (χ3n) is 9.16. The fraction of sp³-hybridized carbons (Fsp3) is 0. The van der Waals surface area contributed by atoms with E-state index in [0.29, 0.717) is 5.69 Å². The van der Waals surface area contributed by atoms with Crippen LogP contribution in [0.5, 0.6) is 0 Å². The lowest BCUT2D eigenvalue weighted by molar-refractivity contribution is 1.18. The van der Waals surface area contributed by atoms with Gasteiger partial charge in [0.1, 0.15) is 0 Å². The summed E-state index contributed by atoms with van der Waals surface area (Å²) in [5.41, 5.74) is 11.5. The van der Waals surface area contributed by atoms with E-state index >= 15 is 0 Å². The lowest BCUT2D eigenvalue weighted by Crippen LogP contribution is -1.97. The molecule has 0 amide bonds. The molecular formula is C43H27N3. The Morgan fingerprint density at radius 1 is 0.391 bits per heavy atom. The maximum atomic E-state index is 8.29. The van der Waals surface area contributed by atoms with Crippen LogP contribution in [0.1, 0.15) is 0 Å². The second-order valence-electron chi connectivity index (χ2n) is 11.7. The van der Waals surface area contributed by atoms with Crippen molar-refractivity contribution in [3.8, 4) is 33.6 Å². The third kappa shape index (κ3) is 3.91. The Hall–Kier alpha value is -6.37. The summed E-state index contributed by atoms with van der Waals surface area (Å²) in [6, 6.07) is 57.7. The molecule has 0 spiro atoms. The summed E-state index contributed by atoms with van der Waals surface area (Å²) < 4.78 is 4.60. The molecule has 0 radical (unpaired) electrons. The summed E-state index contributed by atoms with van der Waals surface area (Å²) >= 11 is 0. The Morgan fingerprint density at radius 2 is 0.804 bits per heavy atom. The molecule has 0 fully saturated rings. The van der Waals surface area contributed by atoms with E-state index in [4.69, 9.17) is 6.57 Å². The zero-order chi connectivity index (χ0) is 30.6. The largest absolute Gasteiger partial charge is 0.319 e. The summed E-state index contributed by atoms with van der Waals surface area (Å²) in [4.78, 5) is 4.09. The highest BCUT2D eigenvalue weighted by atomic mass is 15.0. The number of aromatic nitrogens is 2. The van der Waals surface area contributed by atoms with Crippen LogP contribution in [-0.4, -0.2) is 9.13 Å². The van der Waals surface area contributed by atoms with Gasteiger partial charge in [0, 0.05) is 27.2 Å². The first-order chi connectivity index (χ1) is 22.8. The molecule has 0 aliphatic carbocycles. The van der Waals surface area contributed by atoms with Crippen molar-refractivity contribution in [2.75, 3.05) is 0 Å². The van der Waals surface area contributed by atoms with Gasteiger partial charge in [-0.25, -0.2) is 4.85 Å². The Kier molecular flexibility index (Phi) is 5.88. The molecule has 0 N–H and O–H groups in total. The minimum absolute atomic E-state index is 0.621. The van der Waals surface area contributed by atoms with E-state index < -0.39 is 0 Å². The molecule has 0 aliphatic heterocycles. The van der Waals surface area contributed by atoms with E-state index in [1.54, 1.807) is 0 Å². The average molecular weight is 586 g/mol. The Balaban J connectivity index is 1.29. The first kappa shape index (κ1) is 26.1. The molecule has 9 rings (SSSR count). The van der Waals surface area contributed by atoms with Gasteiger partial charge >= 0.3 is 0 Å². The summed E-state index contributed by atoms with van der Waals surface area (Å²) in [5.74, 6) is 0. The van der Waals surface area contributed by atoms with Crippen molar-refractivity contribution in [1.82, 2.24) is 9.13 Å². The van der Waals surface area contributed by atoms with Gasteiger partial charge in [-0.2, -0.15) is 0 Å². The molecule has 2 heterocycles. The number of hydrogen-bond acceptors (Lipinski definition) is 0. The first-order valence-electron chi connectivity index (χ1n) is 15.5. The fourth-order valence-corrected chi connectivity index (χ4v) is 7.11. The van der Waals surface area contributed by atoms with Crippen molar-refractivity contribution in [2.24, 2.45) is 0 Å². The summed E-state index contributed by atoms with van der Waals surface area (Å²) in [7, 11) is 0. The molecule has 9 aromatic rings. The van der Waals surface area contributed by atoms with E-state index in [-0.39, 0.29) is 0 Å². The number of rotatable bonds is 4. The van der Waals surface area contributed by atoms with Crippen LogP contribution in [0.2, 0.25) is 0 Å². The summed E-state index contributed by atoms with van der Waals surface area (Å²) in [6.45, 7) is 8.29. The number of benzene rings is 7. The molecule has 3 nitrogen and oxygen atoms in total. The van der Waals surface area contributed by atoms with E-state index in [1.807, 2.05) is 6.07 Å². The van der Waals surface area contributed by atoms with E-state index in [2.05, 4.69) is 172 Å². The summed E-state index contributed by atoms with van der Waals surface area (Å²) in [6.07, 6.45) is 0. The highest BCUT2D eigenvalue weighted by molar-refractivity contribution is 6.10. The van der Waals surface area contributed by atoms with Gasteiger partial charge in [0.15, 0.2) is 0 Å². The van der Waals surface area contributed by atoms with Gasteiger partial charge in [0.2, 0.25) is 5.69 Å². The maximum Gasteiger partial charge on any atom is 0.211 e. The SMILES string of the molecule is [C-]#[N+]c1cc(-c2ccccc2)c(-c2ccc(-n3c4ccccc4c4ccccc43)cc2)cc1-n1c2ccccc2c2ccccc21. The standard InChI is InChI=1S/C43H27N3/c1-44-38-27-36(29-13-3-2-4-14-29)37(28-43(38)46-41-21-11-7-17-34(41)35-18-8-12-22-42(35)46)30-23-25-31(26-24-30)45-39-19-9-5-15-32(39)33-16-6-10-20-40(33)45/h2-28H. The molecule has 0 aliphatic rings. The fourth-order valence-electron chi connectivity index (χ4n) is 7.11. The van der Waals surface area contributed by atoms with Gasteiger partial charge in [-0.05, 0) is 70.8 Å². The summed E-state index contributed by atoms with van der Waals surface area (Å²) in [5, 5.41) is 4.86. The number of para-hydroxylation sites is 4. The highest BCUT2D eigenvalue weighted by Crippen LogP contribution is 2.43. The van der Waals surface area contributed by atoms with E-state index in [1.165, 1.54) is 32.6 Å². The van der Waals surface area contributed by atoms with Crippen LogP contribution in [-0.2, 0) is 0 Å². The van der Waals surface area contributed by atoms with Crippen LogP contribution in [0.3, 0.4) is 0 Å². The molecule has 0 unspecified atom stereocenters. The lowest BCUT2D eigenvalue weighted by Gasteiger charge is -2.18. The normalized spacial score (nSPS) is 11.5. The van der Waals surface area contributed by atoms with Gasteiger partial charge in [-0.1, -0.05) is 115 Å². The van der Waals surface area contributed by atoms with Gasteiger partial charge in [-0.15, -0.1) is 0 Å². The van der Waals surface area contributed by atoms with Crippen LogP contribution in [0.15, 0.2) is 164 Å². The monoisotopic (exact) mass is 585 g/mol. The number of fused-ring (bicyclic) bond motifs is 6. The van der Waals surface area contributed by atoms with Crippen molar-refractivity contribution >= 4 is 49.3 Å². The maximum absolute atomic E-state index is 8.29. The minimum atomic E-state index is 0.621. The van der Waals surface area contributed by atoms with Crippen molar-refractivity contribution in [2.45, 2.75) is 0 Å². The van der Waals surface area contributed by atoms with Crippen LogP contribution in [0.4, 0.5) is 5.69 Å². The van der Waals surface area contributed by atoms with Crippen molar-refractivity contribution in [3.63, 3.8) is 0 Å². The van der Waals surface area contributed by atoms with Crippen LogP contribution >= 0.6 is 0 Å². The lowest BCUT2D eigenvalue weighted by atomic mass is 9.93. The van der Waals surface area contributed by atoms with Crippen molar-refractivity contribution in [1.29, 1.82) is 0 Å². The smallest absolute Gasteiger partial charge is 0.211 e. The second-order valence-corrected chi connectivity index (χ2v) is 11.7.